The van der Waals surface area contributed by atoms with E-state index in [9.17, 15) is 4.79 Å². The van der Waals surface area contributed by atoms with Gasteiger partial charge in [0.2, 0.25) is 0 Å². The summed E-state index contributed by atoms with van der Waals surface area (Å²) in [6.07, 6.45) is 5.19. The van der Waals surface area contributed by atoms with Gasteiger partial charge in [0.25, 0.3) is 5.56 Å². The van der Waals surface area contributed by atoms with Crippen LogP contribution < -0.4 is 10.9 Å². The molecule has 88 valence electrons. The number of hydrogen-bond donors (Lipinski definition) is 2. The zero-order valence-electron chi connectivity index (χ0n) is 9.41. The minimum Gasteiger partial charge on any atom is -0.370 e. The molecule has 0 unspecified atom stereocenters. The van der Waals surface area contributed by atoms with Crippen LogP contribution in [0.5, 0.6) is 0 Å². The molecule has 0 atom stereocenters. The molecule has 16 heavy (non-hydrogen) atoms. The second-order valence-corrected chi connectivity index (χ2v) is 4.13. The van der Waals surface area contributed by atoms with Crippen LogP contribution in [-0.2, 0) is 0 Å². The maximum absolute atomic E-state index is 11.0. The van der Waals surface area contributed by atoms with Gasteiger partial charge in [-0.05, 0) is 38.9 Å². The molecule has 0 spiro atoms. The Labute approximate surface area is 94.9 Å². The summed E-state index contributed by atoms with van der Waals surface area (Å²) in [7, 11) is 0. The number of nitrogens with one attached hydrogen (secondary N) is 2. The van der Waals surface area contributed by atoms with Gasteiger partial charge in [0.1, 0.15) is 5.82 Å². The first-order chi connectivity index (χ1) is 7.84. The lowest BCUT2D eigenvalue weighted by Gasteiger charge is -2.14. The highest BCUT2D eigenvalue weighted by Gasteiger charge is 2.09. The van der Waals surface area contributed by atoms with Crippen molar-refractivity contribution in [3.8, 4) is 0 Å². The van der Waals surface area contributed by atoms with Crippen LogP contribution in [-0.4, -0.2) is 41.0 Å². The summed E-state index contributed by atoms with van der Waals surface area (Å²) in [6, 6.07) is 1.48. The van der Waals surface area contributed by atoms with E-state index in [2.05, 4.69) is 20.2 Å². The van der Waals surface area contributed by atoms with E-state index in [-0.39, 0.29) is 5.56 Å². The first-order valence-electron chi connectivity index (χ1n) is 5.85. The maximum atomic E-state index is 11.0. The monoisotopic (exact) mass is 222 g/mol. The quantitative estimate of drug-likeness (QED) is 0.719. The third-order valence-electron chi connectivity index (χ3n) is 2.83. The number of likely N-dealkylation sites (tertiary alicyclic amines) is 1. The molecule has 2 rings (SSSR count). The highest BCUT2D eigenvalue weighted by atomic mass is 16.1. The molecule has 5 nitrogen and oxygen atoms in total. The molecule has 0 aliphatic carbocycles. The van der Waals surface area contributed by atoms with Crippen molar-refractivity contribution in [2.24, 2.45) is 0 Å². The fourth-order valence-corrected chi connectivity index (χ4v) is 1.99. The summed E-state index contributed by atoms with van der Waals surface area (Å²) in [6.45, 7) is 4.48. The van der Waals surface area contributed by atoms with Gasteiger partial charge in [-0.15, -0.1) is 0 Å². The van der Waals surface area contributed by atoms with Crippen molar-refractivity contribution in [2.45, 2.75) is 19.3 Å². The molecule has 1 fully saturated rings. The van der Waals surface area contributed by atoms with E-state index in [1.807, 2.05) is 0 Å². The Kier molecular flexibility index (Phi) is 3.93. The van der Waals surface area contributed by atoms with Gasteiger partial charge >= 0.3 is 0 Å². The van der Waals surface area contributed by atoms with Crippen LogP contribution in [0.4, 0.5) is 5.82 Å². The van der Waals surface area contributed by atoms with Crippen LogP contribution in [0, 0.1) is 0 Å². The van der Waals surface area contributed by atoms with Crippen LogP contribution in [0.2, 0.25) is 0 Å². The largest absolute Gasteiger partial charge is 0.370 e. The molecule has 0 bridgehead atoms. The molecule has 1 aromatic rings. The van der Waals surface area contributed by atoms with Gasteiger partial charge in [-0.25, -0.2) is 4.98 Å². The second kappa shape index (κ2) is 5.65. The Balaban J connectivity index is 1.66. The van der Waals surface area contributed by atoms with E-state index in [1.165, 1.54) is 38.3 Å². The van der Waals surface area contributed by atoms with Gasteiger partial charge < -0.3 is 15.2 Å². The summed E-state index contributed by atoms with van der Waals surface area (Å²) in [5.74, 6) is 0.658. The summed E-state index contributed by atoms with van der Waals surface area (Å²) in [5.41, 5.74) is -0.114. The van der Waals surface area contributed by atoms with E-state index in [4.69, 9.17) is 0 Å². The minimum absolute atomic E-state index is 0.114. The van der Waals surface area contributed by atoms with Crippen LogP contribution >= 0.6 is 0 Å². The molecule has 1 aliphatic rings. The lowest BCUT2D eigenvalue weighted by Crippen LogP contribution is -2.22. The maximum Gasteiger partial charge on any atom is 0.252 e. The van der Waals surface area contributed by atoms with Crippen LogP contribution in [0.3, 0.4) is 0 Å². The molecule has 0 saturated carbocycles. The first kappa shape index (κ1) is 11.1. The van der Waals surface area contributed by atoms with E-state index >= 15 is 0 Å². The molecule has 1 aromatic heterocycles. The number of hydrogen-bond acceptors (Lipinski definition) is 4. The average molecular weight is 222 g/mol. The van der Waals surface area contributed by atoms with Crippen molar-refractivity contribution in [3.63, 3.8) is 0 Å². The predicted molar refractivity (Wildman–Crippen MR) is 63.6 cm³/mol. The van der Waals surface area contributed by atoms with Crippen LogP contribution in [0.25, 0.3) is 0 Å². The van der Waals surface area contributed by atoms with E-state index in [0.717, 1.165) is 19.5 Å². The summed E-state index contributed by atoms with van der Waals surface area (Å²) in [4.78, 5) is 20.0. The molecule has 2 heterocycles. The molecule has 0 amide bonds. The minimum atomic E-state index is -0.114. The van der Waals surface area contributed by atoms with Gasteiger partial charge in [0, 0.05) is 12.6 Å². The van der Waals surface area contributed by atoms with E-state index < -0.39 is 0 Å². The van der Waals surface area contributed by atoms with Gasteiger partial charge in [-0.3, -0.25) is 4.79 Å². The van der Waals surface area contributed by atoms with Crippen molar-refractivity contribution >= 4 is 5.82 Å². The average Bonchev–Trinajstić information content (AvgIpc) is 2.77. The zero-order valence-corrected chi connectivity index (χ0v) is 9.41. The number of H-pyrrole nitrogens is 1. The van der Waals surface area contributed by atoms with Crippen LogP contribution in [0.1, 0.15) is 19.3 Å². The normalized spacial score (nSPS) is 16.5. The topological polar surface area (TPSA) is 61.0 Å². The standard InChI is InChI=1S/C11H18N4O/c16-11-8-10(13-9-14-11)12-4-3-7-15-5-1-2-6-15/h8-9H,1-7H2,(H2,12,13,14,16). The SMILES string of the molecule is O=c1cc(NCCCN2CCCC2)nc[nH]1. The summed E-state index contributed by atoms with van der Waals surface area (Å²) < 4.78 is 0. The highest BCUT2D eigenvalue weighted by molar-refractivity contribution is 5.31. The number of anilines is 1. The molecule has 0 radical (unpaired) electrons. The Morgan fingerprint density at radius 1 is 1.44 bits per heavy atom. The van der Waals surface area contributed by atoms with Gasteiger partial charge in [-0.2, -0.15) is 0 Å². The number of rotatable bonds is 5. The second-order valence-electron chi connectivity index (χ2n) is 4.13. The molecule has 5 heteroatoms. The van der Waals surface area contributed by atoms with Gasteiger partial charge in [-0.1, -0.05) is 0 Å². The Morgan fingerprint density at radius 3 is 3.00 bits per heavy atom. The summed E-state index contributed by atoms with van der Waals surface area (Å²) in [5, 5.41) is 3.15. The van der Waals surface area contributed by atoms with E-state index in [1.54, 1.807) is 0 Å². The molecule has 0 aromatic carbocycles. The fourth-order valence-electron chi connectivity index (χ4n) is 1.99. The Morgan fingerprint density at radius 2 is 2.25 bits per heavy atom. The first-order valence-corrected chi connectivity index (χ1v) is 5.85. The molecule has 2 N–H and O–H groups in total. The smallest absolute Gasteiger partial charge is 0.252 e. The van der Waals surface area contributed by atoms with Crippen molar-refractivity contribution < 1.29 is 0 Å². The van der Waals surface area contributed by atoms with Crippen LogP contribution in [0.15, 0.2) is 17.2 Å². The Hall–Kier alpha value is -1.36. The van der Waals surface area contributed by atoms with Gasteiger partial charge in [0.15, 0.2) is 0 Å². The fraction of sp³-hybridized carbons (Fsp3) is 0.636. The number of aromatic amines is 1. The molecular formula is C11H18N4O. The Bertz CT molecular complexity index is 370. The molecule has 1 aliphatic heterocycles. The lowest BCUT2D eigenvalue weighted by atomic mass is 10.4. The third-order valence-corrected chi connectivity index (χ3v) is 2.83. The van der Waals surface area contributed by atoms with Crippen molar-refractivity contribution in [2.75, 3.05) is 31.5 Å². The molecule has 1 saturated heterocycles. The van der Waals surface area contributed by atoms with Crippen molar-refractivity contribution in [3.05, 3.63) is 22.7 Å². The van der Waals surface area contributed by atoms with Gasteiger partial charge in [0.05, 0.1) is 6.33 Å². The molecular weight excluding hydrogens is 204 g/mol. The number of nitrogens with zero attached hydrogens (tertiary/aromatic N) is 2. The lowest BCUT2D eigenvalue weighted by molar-refractivity contribution is 0.337. The predicted octanol–water partition coefficient (Wildman–Crippen LogP) is 0.668. The van der Waals surface area contributed by atoms with Crippen molar-refractivity contribution in [1.82, 2.24) is 14.9 Å². The third kappa shape index (κ3) is 3.34. The summed E-state index contributed by atoms with van der Waals surface area (Å²) >= 11 is 0. The zero-order chi connectivity index (χ0) is 11.2. The van der Waals surface area contributed by atoms with Crippen molar-refractivity contribution in [1.29, 1.82) is 0 Å². The van der Waals surface area contributed by atoms with E-state index in [0.29, 0.717) is 5.82 Å². The highest BCUT2D eigenvalue weighted by Crippen LogP contribution is 2.07. The number of aromatic nitrogens is 2.